The first-order valence-electron chi connectivity index (χ1n) is 4.09. The number of carbonyl (C=O) groups is 2. The van der Waals surface area contributed by atoms with E-state index < -0.39 is 17.6 Å². The Hall–Kier alpha value is -1.95. The number of hydrogen-bond donors (Lipinski definition) is 2. The number of primary amides is 1. The van der Waals surface area contributed by atoms with E-state index in [1.54, 1.807) is 0 Å². The molecule has 16 heavy (non-hydrogen) atoms. The van der Waals surface area contributed by atoms with Gasteiger partial charge >= 0.3 is 11.8 Å². The van der Waals surface area contributed by atoms with E-state index >= 15 is 0 Å². The number of amides is 2. The van der Waals surface area contributed by atoms with Crippen LogP contribution < -0.4 is 11.2 Å². The van der Waals surface area contributed by atoms with E-state index in [1.807, 2.05) is 5.43 Å². The molecule has 0 aromatic heterocycles. The highest BCUT2D eigenvalue weighted by Crippen LogP contribution is 2.16. The van der Waals surface area contributed by atoms with Crippen molar-refractivity contribution in [3.8, 4) is 0 Å². The van der Waals surface area contributed by atoms with E-state index in [2.05, 4.69) is 10.8 Å². The third-order valence-corrected chi connectivity index (χ3v) is 1.91. The maximum atomic E-state index is 13.2. The van der Waals surface area contributed by atoms with Crippen LogP contribution in [0.5, 0.6) is 0 Å². The summed E-state index contributed by atoms with van der Waals surface area (Å²) in [7, 11) is 0. The van der Waals surface area contributed by atoms with Crippen molar-refractivity contribution < 1.29 is 14.0 Å². The molecule has 2 amide bonds. The summed E-state index contributed by atoms with van der Waals surface area (Å²) in [6, 6.07) is 4.07. The van der Waals surface area contributed by atoms with Crippen LogP contribution in [-0.4, -0.2) is 18.0 Å². The number of nitrogens with zero attached hydrogens (tertiary/aromatic N) is 1. The molecular weight excluding hydrogens is 237 g/mol. The second-order valence-corrected chi connectivity index (χ2v) is 3.11. The molecule has 0 radical (unpaired) electrons. The van der Waals surface area contributed by atoms with E-state index in [4.69, 9.17) is 11.6 Å². The van der Waals surface area contributed by atoms with E-state index in [9.17, 15) is 14.0 Å². The van der Waals surface area contributed by atoms with Gasteiger partial charge in [-0.2, -0.15) is 5.10 Å². The third kappa shape index (κ3) is 3.03. The van der Waals surface area contributed by atoms with Crippen molar-refractivity contribution in [1.82, 2.24) is 5.43 Å². The van der Waals surface area contributed by atoms with Gasteiger partial charge in [-0.15, -0.1) is 0 Å². The van der Waals surface area contributed by atoms with Crippen molar-refractivity contribution in [2.24, 2.45) is 10.8 Å². The molecule has 0 saturated heterocycles. The van der Waals surface area contributed by atoms with Crippen LogP contribution in [0.15, 0.2) is 23.3 Å². The zero-order valence-corrected chi connectivity index (χ0v) is 8.66. The fraction of sp³-hybridized carbons (Fsp3) is 0. The molecule has 0 atom stereocenters. The average molecular weight is 244 g/mol. The molecule has 84 valence electrons. The van der Waals surface area contributed by atoms with Crippen LogP contribution in [-0.2, 0) is 9.59 Å². The predicted octanol–water partition coefficient (Wildman–Crippen LogP) is 0.415. The standard InChI is InChI=1S/C9H7ClFN3O2/c10-6-2-1-3-7(11)5(6)4-13-14-9(16)8(12)15/h1-4H,(H2,12,15)(H,14,16)/b13-4-. The summed E-state index contributed by atoms with van der Waals surface area (Å²) < 4.78 is 13.2. The largest absolute Gasteiger partial charge is 0.361 e. The van der Waals surface area contributed by atoms with Gasteiger partial charge in [0.1, 0.15) is 5.82 Å². The van der Waals surface area contributed by atoms with Gasteiger partial charge in [-0.1, -0.05) is 17.7 Å². The minimum absolute atomic E-state index is 0.00828. The van der Waals surface area contributed by atoms with Crippen molar-refractivity contribution >= 4 is 29.6 Å². The lowest BCUT2D eigenvalue weighted by Gasteiger charge is -1.98. The molecule has 0 heterocycles. The Kier molecular flexibility index (Phi) is 3.96. The van der Waals surface area contributed by atoms with Gasteiger partial charge in [0.2, 0.25) is 0 Å². The number of carbonyl (C=O) groups excluding carboxylic acids is 2. The first-order valence-corrected chi connectivity index (χ1v) is 4.47. The first-order chi connectivity index (χ1) is 7.52. The molecule has 0 aliphatic rings. The van der Waals surface area contributed by atoms with Crippen molar-refractivity contribution in [2.45, 2.75) is 0 Å². The monoisotopic (exact) mass is 243 g/mol. The molecule has 5 nitrogen and oxygen atoms in total. The van der Waals surface area contributed by atoms with Crippen LogP contribution >= 0.6 is 11.6 Å². The number of benzene rings is 1. The second kappa shape index (κ2) is 5.22. The zero-order valence-electron chi connectivity index (χ0n) is 7.91. The number of nitrogens with two attached hydrogens (primary N) is 1. The van der Waals surface area contributed by atoms with Gasteiger partial charge in [0.05, 0.1) is 11.2 Å². The van der Waals surface area contributed by atoms with Crippen molar-refractivity contribution in [3.05, 3.63) is 34.6 Å². The minimum atomic E-state index is -1.18. The van der Waals surface area contributed by atoms with Gasteiger partial charge in [-0.25, -0.2) is 9.82 Å². The van der Waals surface area contributed by atoms with Gasteiger partial charge in [0, 0.05) is 5.56 Å². The Morgan fingerprint density at radius 1 is 1.50 bits per heavy atom. The predicted molar refractivity (Wildman–Crippen MR) is 56.3 cm³/mol. The maximum absolute atomic E-state index is 13.2. The number of hydrogen-bond acceptors (Lipinski definition) is 3. The highest BCUT2D eigenvalue weighted by Gasteiger charge is 2.07. The molecule has 0 spiro atoms. The maximum Gasteiger partial charge on any atom is 0.329 e. The van der Waals surface area contributed by atoms with Gasteiger partial charge in [0.25, 0.3) is 0 Å². The Morgan fingerprint density at radius 3 is 2.75 bits per heavy atom. The highest BCUT2D eigenvalue weighted by atomic mass is 35.5. The average Bonchev–Trinajstić information content (AvgIpc) is 2.22. The van der Waals surface area contributed by atoms with Crippen molar-refractivity contribution in [2.75, 3.05) is 0 Å². The zero-order chi connectivity index (χ0) is 12.1. The van der Waals surface area contributed by atoms with E-state index in [0.717, 1.165) is 6.21 Å². The molecular formula is C9H7ClFN3O2. The summed E-state index contributed by atoms with van der Waals surface area (Å²) in [5.41, 5.74) is 6.47. The lowest BCUT2D eigenvalue weighted by atomic mass is 10.2. The third-order valence-electron chi connectivity index (χ3n) is 1.58. The second-order valence-electron chi connectivity index (χ2n) is 2.70. The normalized spacial score (nSPS) is 10.4. The molecule has 3 N–H and O–H groups in total. The first kappa shape index (κ1) is 12.1. The summed E-state index contributed by atoms with van der Waals surface area (Å²) in [6.45, 7) is 0. The van der Waals surface area contributed by atoms with Crippen molar-refractivity contribution in [1.29, 1.82) is 0 Å². The number of nitrogens with one attached hydrogen (secondary N) is 1. The fourth-order valence-electron chi connectivity index (χ4n) is 0.845. The number of rotatable bonds is 2. The van der Waals surface area contributed by atoms with Crippen LogP contribution in [0.4, 0.5) is 4.39 Å². The summed E-state index contributed by atoms with van der Waals surface area (Å²) >= 11 is 5.67. The molecule has 0 unspecified atom stereocenters. The lowest BCUT2D eigenvalue weighted by Crippen LogP contribution is -2.32. The molecule has 7 heteroatoms. The number of halogens is 2. The Labute approximate surface area is 95.1 Å². The topological polar surface area (TPSA) is 84.5 Å². The molecule has 1 aromatic rings. The summed E-state index contributed by atoms with van der Waals surface area (Å²) in [5.74, 6) is -2.87. The van der Waals surface area contributed by atoms with Crippen LogP contribution in [0.25, 0.3) is 0 Å². The van der Waals surface area contributed by atoms with E-state index in [1.165, 1.54) is 18.2 Å². The lowest BCUT2D eigenvalue weighted by molar-refractivity contribution is -0.137. The molecule has 0 aliphatic carbocycles. The molecule has 0 fully saturated rings. The summed E-state index contributed by atoms with van der Waals surface area (Å²) in [5, 5.41) is 3.47. The van der Waals surface area contributed by atoms with Gasteiger partial charge < -0.3 is 5.73 Å². The highest BCUT2D eigenvalue weighted by molar-refractivity contribution is 6.34. The van der Waals surface area contributed by atoms with Crippen LogP contribution in [0.1, 0.15) is 5.56 Å². The van der Waals surface area contributed by atoms with Crippen molar-refractivity contribution in [3.63, 3.8) is 0 Å². The van der Waals surface area contributed by atoms with Crippen LogP contribution in [0.3, 0.4) is 0 Å². The smallest absolute Gasteiger partial charge is 0.329 e. The van der Waals surface area contributed by atoms with E-state index in [0.29, 0.717) is 0 Å². The molecule has 0 bridgehead atoms. The van der Waals surface area contributed by atoms with Gasteiger partial charge in [-0.3, -0.25) is 9.59 Å². The molecule has 1 aromatic carbocycles. The van der Waals surface area contributed by atoms with Crippen LogP contribution in [0.2, 0.25) is 5.02 Å². The van der Waals surface area contributed by atoms with Crippen LogP contribution in [0, 0.1) is 5.82 Å². The summed E-state index contributed by atoms with van der Waals surface area (Å²) in [4.78, 5) is 21.0. The quantitative estimate of drug-likeness (QED) is 0.448. The Morgan fingerprint density at radius 2 is 2.19 bits per heavy atom. The molecule has 1 rings (SSSR count). The van der Waals surface area contributed by atoms with E-state index in [-0.39, 0.29) is 10.6 Å². The summed E-state index contributed by atoms with van der Waals surface area (Å²) in [6.07, 6.45) is 0.985. The number of hydrazone groups is 1. The minimum Gasteiger partial charge on any atom is -0.361 e. The van der Waals surface area contributed by atoms with Gasteiger partial charge in [0.15, 0.2) is 0 Å². The Bertz CT molecular complexity index is 442. The van der Waals surface area contributed by atoms with Gasteiger partial charge in [-0.05, 0) is 12.1 Å². The SMILES string of the molecule is NC(=O)C(=O)N/N=C\c1c(F)cccc1Cl. The Balaban J connectivity index is 2.77. The fourth-order valence-corrected chi connectivity index (χ4v) is 1.06. The molecule has 0 saturated carbocycles. The molecule has 0 aliphatic heterocycles.